The highest BCUT2D eigenvalue weighted by atomic mass is 32.2. The molecule has 7 heteroatoms. The number of benzene rings is 1. The van der Waals surface area contributed by atoms with Gasteiger partial charge < -0.3 is 9.47 Å². The second kappa shape index (κ2) is 8.30. The van der Waals surface area contributed by atoms with Crippen LogP contribution in [0.5, 0.6) is 5.75 Å². The number of hydrogen-bond donors (Lipinski definition) is 0. The lowest BCUT2D eigenvalue weighted by molar-refractivity contribution is -0.149. The van der Waals surface area contributed by atoms with Crippen molar-refractivity contribution in [3.8, 4) is 5.75 Å². The second-order valence-electron chi connectivity index (χ2n) is 5.76. The van der Waals surface area contributed by atoms with Gasteiger partial charge in [-0.2, -0.15) is 0 Å². The minimum Gasteiger partial charge on any atom is -0.490 e. The SMILES string of the molecule is CN(C)S(=O)(=O)c1ccc(OCCOC(=O)[C@@H]2CC=CCC2)cc1. The van der Waals surface area contributed by atoms with Crippen LogP contribution in [0.3, 0.4) is 0 Å². The van der Waals surface area contributed by atoms with E-state index in [4.69, 9.17) is 9.47 Å². The van der Waals surface area contributed by atoms with Gasteiger partial charge in [0.25, 0.3) is 0 Å². The summed E-state index contributed by atoms with van der Waals surface area (Å²) in [4.78, 5) is 12.1. The standard InChI is InChI=1S/C17H23NO5S/c1-18(2)24(20,21)16-10-8-15(9-11-16)22-12-13-23-17(19)14-6-4-3-5-7-14/h3-4,8-11,14H,5-7,12-13H2,1-2H3/t14-/m1/s1. The van der Waals surface area contributed by atoms with Crippen LogP contribution in [0.4, 0.5) is 0 Å². The van der Waals surface area contributed by atoms with Gasteiger partial charge in [-0.3, -0.25) is 4.79 Å². The number of carbonyl (C=O) groups excluding carboxylic acids is 1. The van der Waals surface area contributed by atoms with Gasteiger partial charge in [0.1, 0.15) is 19.0 Å². The number of rotatable bonds is 7. The Balaban J connectivity index is 1.77. The highest BCUT2D eigenvalue weighted by Crippen LogP contribution is 2.20. The van der Waals surface area contributed by atoms with Crippen LogP contribution in [0, 0.1) is 5.92 Å². The highest BCUT2D eigenvalue weighted by Gasteiger charge is 2.20. The quantitative estimate of drug-likeness (QED) is 0.427. The van der Waals surface area contributed by atoms with Gasteiger partial charge in [-0.15, -0.1) is 0 Å². The van der Waals surface area contributed by atoms with E-state index < -0.39 is 10.0 Å². The minimum absolute atomic E-state index is 0.0504. The molecular weight excluding hydrogens is 330 g/mol. The molecule has 0 bridgehead atoms. The molecule has 0 N–H and O–H groups in total. The molecular formula is C17H23NO5S. The maximum Gasteiger partial charge on any atom is 0.309 e. The molecule has 2 rings (SSSR count). The smallest absolute Gasteiger partial charge is 0.309 e. The molecule has 1 atom stereocenters. The summed E-state index contributed by atoms with van der Waals surface area (Å²) in [6.45, 7) is 0.408. The van der Waals surface area contributed by atoms with Gasteiger partial charge in [0, 0.05) is 14.1 Å². The summed E-state index contributed by atoms with van der Waals surface area (Å²) in [6, 6.07) is 6.16. The van der Waals surface area contributed by atoms with Crippen molar-refractivity contribution in [1.29, 1.82) is 0 Å². The molecule has 0 saturated heterocycles. The molecule has 24 heavy (non-hydrogen) atoms. The molecule has 1 aromatic rings. The molecule has 132 valence electrons. The summed E-state index contributed by atoms with van der Waals surface area (Å²) in [7, 11) is -0.475. The zero-order chi connectivity index (χ0) is 17.6. The number of sulfonamides is 1. The summed E-state index contributed by atoms with van der Waals surface area (Å²) in [5.74, 6) is 0.297. The van der Waals surface area contributed by atoms with E-state index in [2.05, 4.69) is 6.08 Å². The number of esters is 1. The molecule has 0 amide bonds. The normalized spacial score (nSPS) is 17.7. The first-order chi connectivity index (χ1) is 11.4. The number of hydrogen-bond acceptors (Lipinski definition) is 5. The molecule has 1 aromatic carbocycles. The zero-order valence-electron chi connectivity index (χ0n) is 14.0. The third-order valence-electron chi connectivity index (χ3n) is 3.80. The molecule has 1 aliphatic rings. The Hall–Kier alpha value is -1.86. The van der Waals surface area contributed by atoms with Crippen LogP contribution in [-0.2, 0) is 19.6 Å². The topological polar surface area (TPSA) is 72.9 Å². The van der Waals surface area contributed by atoms with Gasteiger partial charge in [-0.05, 0) is 43.5 Å². The van der Waals surface area contributed by atoms with E-state index in [1.165, 1.54) is 26.2 Å². The third-order valence-corrected chi connectivity index (χ3v) is 5.63. The van der Waals surface area contributed by atoms with E-state index in [0.29, 0.717) is 5.75 Å². The van der Waals surface area contributed by atoms with Crippen molar-refractivity contribution >= 4 is 16.0 Å². The average molecular weight is 353 g/mol. The van der Waals surface area contributed by atoms with E-state index >= 15 is 0 Å². The fourth-order valence-electron chi connectivity index (χ4n) is 2.35. The van der Waals surface area contributed by atoms with Gasteiger partial charge in [0.05, 0.1) is 10.8 Å². The first kappa shape index (κ1) is 18.5. The number of allylic oxidation sites excluding steroid dienone is 2. The molecule has 0 aliphatic heterocycles. The number of ether oxygens (including phenoxy) is 2. The van der Waals surface area contributed by atoms with Crippen LogP contribution in [0.1, 0.15) is 19.3 Å². The number of nitrogens with zero attached hydrogens (tertiary/aromatic N) is 1. The van der Waals surface area contributed by atoms with Crippen molar-refractivity contribution in [2.45, 2.75) is 24.2 Å². The molecule has 0 radical (unpaired) electrons. The van der Waals surface area contributed by atoms with Crippen LogP contribution in [-0.4, -0.2) is 46.0 Å². The summed E-state index contributed by atoms with van der Waals surface area (Å²) >= 11 is 0. The van der Waals surface area contributed by atoms with Crippen LogP contribution in [0.25, 0.3) is 0 Å². The van der Waals surface area contributed by atoms with Crippen LogP contribution in [0.2, 0.25) is 0 Å². The molecule has 0 unspecified atom stereocenters. The van der Waals surface area contributed by atoms with Gasteiger partial charge in [0.15, 0.2) is 0 Å². The monoisotopic (exact) mass is 353 g/mol. The second-order valence-corrected chi connectivity index (χ2v) is 7.91. The summed E-state index contributed by atoms with van der Waals surface area (Å²) in [5.41, 5.74) is 0. The molecule has 1 aliphatic carbocycles. The Bertz CT molecular complexity index is 679. The van der Waals surface area contributed by atoms with Gasteiger partial charge in [0.2, 0.25) is 10.0 Å². The Kier molecular flexibility index (Phi) is 6.39. The van der Waals surface area contributed by atoms with Crippen LogP contribution in [0.15, 0.2) is 41.3 Å². The van der Waals surface area contributed by atoms with Crippen molar-refractivity contribution in [2.75, 3.05) is 27.3 Å². The van der Waals surface area contributed by atoms with Crippen molar-refractivity contribution in [2.24, 2.45) is 5.92 Å². The first-order valence-corrected chi connectivity index (χ1v) is 9.32. The maximum absolute atomic E-state index is 12.0. The fourth-order valence-corrected chi connectivity index (χ4v) is 3.25. The average Bonchev–Trinajstić information content (AvgIpc) is 2.59. The minimum atomic E-state index is -3.44. The van der Waals surface area contributed by atoms with E-state index in [1.807, 2.05) is 6.08 Å². The Morgan fingerprint density at radius 3 is 2.46 bits per heavy atom. The predicted octanol–water partition coefficient (Wildman–Crippen LogP) is 2.22. The lowest BCUT2D eigenvalue weighted by Crippen LogP contribution is -2.22. The fraction of sp³-hybridized carbons (Fsp3) is 0.471. The van der Waals surface area contributed by atoms with E-state index in [1.54, 1.807) is 12.1 Å². The highest BCUT2D eigenvalue weighted by molar-refractivity contribution is 7.89. The van der Waals surface area contributed by atoms with E-state index in [9.17, 15) is 13.2 Å². The zero-order valence-corrected chi connectivity index (χ0v) is 14.8. The maximum atomic E-state index is 12.0. The largest absolute Gasteiger partial charge is 0.490 e. The van der Waals surface area contributed by atoms with Gasteiger partial charge >= 0.3 is 5.97 Å². The Morgan fingerprint density at radius 1 is 1.17 bits per heavy atom. The summed E-state index contributed by atoms with van der Waals surface area (Å²) in [6.07, 6.45) is 6.57. The molecule has 0 fully saturated rings. The molecule has 0 aromatic heterocycles. The van der Waals surface area contributed by atoms with Crippen molar-refractivity contribution in [3.63, 3.8) is 0 Å². The molecule has 6 nitrogen and oxygen atoms in total. The predicted molar refractivity (Wildman–Crippen MR) is 90.2 cm³/mol. The lowest BCUT2D eigenvalue weighted by Gasteiger charge is -2.16. The molecule has 0 saturated carbocycles. The summed E-state index contributed by atoms with van der Waals surface area (Å²) in [5, 5.41) is 0. The summed E-state index contributed by atoms with van der Waals surface area (Å²) < 4.78 is 35.7. The van der Waals surface area contributed by atoms with E-state index in [0.717, 1.165) is 23.6 Å². The van der Waals surface area contributed by atoms with Crippen molar-refractivity contribution in [3.05, 3.63) is 36.4 Å². The first-order valence-electron chi connectivity index (χ1n) is 7.88. The van der Waals surface area contributed by atoms with Crippen LogP contribution >= 0.6 is 0 Å². The van der Waals surface area contributed by atoms with Gasteiger partial charge in [-0.1, -0.05) is 12.2 Å². The lowest BCUT2D eigenvalue weighted by atomic mass is 9.95. The van der Waals surface area contributed by atoms with Crippen LogP contribution < -0.4 is 4.74 Å². The van der Waals surface area contributed by atoms with Crippen molar-refractivity contribution in [1.82, 2.24) is 4.31 Å². The molecule has 0 spiro atoms. The van der Waals surface area contributed by atoms with Gasteiger partial charge in [-0.25, -0.2) is 12.7 Å². The molecule has 0 heterocycles. The van der Waals surface area contributed by atoms with E-state index in [-0.39, 0.29) is 30.0 Å². The Labute approximate surface area is 143 Å². The Morgan fingerprint density at radius 2 is 1.88 bits per heavy atom. The number of carbonyl (C=O) groups is 1. The third kappa shape index (κ3) is 4.82. The van der Waals surface area contributed by atoms with Crippen molar-refractivity contribution < 1.29 is 22.7 Å².